The van der Waals surface area contributed by atoms with Gasteiger partial charge in [-0.15, -0.1) is 0 Å². The molecule has 7 nitrogen and oxygen atoms in total. The van der Waals surface area contributed by atoms with Crippen molar-refractivity contribution in [2.45, 2.75) is 51.3 Å². The van der Waals surface area contributed by atoms with E-state index in [9.17, 15) is 18.0 Å². The highest BCUT2D eigenvalue weighted by Gasteiger charge is 2.31. The van der Waals surface area contributed by atoms with Gasteiger partial charge in [0.1, 0.15) is 4.90 Å². The van der Waals surface area contributed by atoms with E-state index < -0.39 is 10.0 Å². The molecule has 0 aliphatic carbocycles. The molecule has 0 saturated carbocycles. The quantitative estimate of drug-likeness (QED) is 0.552. The van der Waals surface area contributed by atoms with Gasteiger partial charge in [0.25, 0.3) is 5.91 Å². The molecule has 1 aromatic carbocycles. The third kappa shape index (κ3) is 5.99. The summed E-state index contributed by atoms with van der Waals surface area (Å²) in [6.07, 6.45) is 3.24. The van der Waals surface area contributed by atoms with Crippen LogP contribution >= 0.6 is 11.6 Å². The molecule has 0 N–H and O–H groups in total. The number of sulfonamides is 1. The number of likely N-dealkylation sites (tertiary alicyclic amines) is 1. The van der Waals surface area contributed by atoms with Gasteiger partial charge in [0.15, 0.2) is 0 Å². The molecular formula is C22H34ClN3O4S. The summed E-state index contributed by atoms with van der Waals surface area (Å²) in [5, 5.41) is 0.0999. The molecule has 1 saturated heterocycles. The Morgan fingerprint density at radius 1 is 1.13 bits per heavy atom. The van der Waals surface area contributed by atoms with E-state index in [4.69, 9.17) is 11.6 Å². The second kappa shape index (κ2) is 11.3. The van der Waals surface area contributed by atoms with Crippen molar-refractivity contribution in [2.24, 2.45) is 5.92 Å². The number of rotatable bonds is 9. The number of hydrogen-bond acceptors (Lipinski definition) is 4. The number of hydrogen-bond donors (Lipinski definition) is 0. The number of unbranched alkanes of at least 4 members (excludes halogenated alkanes) is 1. The molecule has 1 aliphatic heterocycles. The standard InChI is InChI=1S/C22H34ClN3O4S/c1-5-8-13-24(4)21(27)17-11-14-25(15-12-17)22(28)18-9-10-19(23)20(16-18)31(29,30)26(6-2)7-3/h9-10,16-17H,5-8,11-15H2,1-4H3. The highest BCUT2D eigenvalue weighted by molar-refractivity contribution is 7.89. The number of nitrogens with zero attached hydrogens (tertiary/aromatic N) is 3. The maximum Gasteiger partial charge on any atom is 0.253 e. The Morgan fingerprint density at radius 2 is 1.74 bits per heavy atom. The number of benzene rings is 1. The Balaban J connectivity index is 2.11. The molecule has 0 bridgehead atoms. The SMILES string of the molecule is CCCCN(C)C(=O)C1CCN(C(=O)c2ccc(Cl)c(S(=O)(=O)N(CC)CC)c2)CC1. The van der Waals surface area contributed by atoms with Crippen molar-refractivity contribution >= 4 is 33.4 Å². The largest absolute Gasteiger partial charge is 0.346 e. The van der Waals surface area contributed by atoms with Gasteiger partial charge in [-0.1, -0.05) is 38.8 Å². The normalized spacial score (nSPS) is 15.4. The molecule has 0 atom stereocenters. The Bertz CT molecular complexity index is 879. The third-order valence-electron chi connectivity index (χ3n) is 5.86. The van der Waals surface area contributed by atoms with Gasteiger partial charge in [-0.2, -0.15) is 4.31 Å². The molecule has 2 amide bonds. The van der Waals surface area contributed by atoms with Crippen molar-refractivity contribution < 1.29 is 18.0 Å². The smallest absolute Gasteiger partial charge is 0.253 e. The molecule has 0 spiro atoms. The lowest BCUT2D eigenvalue weighted by atomic mass is 9.95. The fraction of sp³-hybridized carbons (Fsp3) is 0.636. The van der Waals surface area contributed by atoms with Gasteiger partial charge < -0.3 is 9.80 Å². The molecule has 31 heavy (non-hydrogen) atoms. The summed E-state index contributed by atoms with van der Waals surface area (Å²) in [7, 11) is -1.94. The minimum Gasteiger partial charge on any atom is -0.346 e. The first kappa shape index (κ1) is 25.6. The summed E-state index contributed by atoms with van der Waals surface area (Å²) in [6.45, 7) is 7.95. The summed E-state index contributed by atoms with van der Waals surface area (Å²) in [5.74, 6) is -0.174. The van der Waals surface area contributed by atoms with Crippen molar-refractivity contribution in [1.29, 1.82) is 0 Å². The topological polar surface area (TPSA) is 78.0 Å². The van der Waals surface area contributed by atoms with Crippen LogP contribution in [-0.4, -0.2) is 74.1 Å². The van der Waals surface area contributed by atoms with Crippen LogP contribution < -0.4 is 0 Å². The van der Waals surface area contributed by atoms with Crippen LogP contribution in [0, 0.1) is 5.92 Å². The molecule has 0 aromatic heterocycles. The Kier molecular flexibility index (Phi) is 9.33. The zero-order chi connectivity index (χ0) is 23.2. The van der Waals surface area contributed by atoms with Crippen LogP contribution in [0.1, 0.15) is 56.8 Å². The van der Waals surface area contributed by atoms with E-state index in [2.05, 4.69) is 6.92 Å². The number of piperidine rings is 1. The summed E-state index contributed by atoms with van der Waals surface area (Å²) in [4.78, 5) is 29.1. The van der Waals surface area contributed by atoms with Crippen LogP contribution in [0.15, 0.2) is 23.1 Å². The molecule has 0 radical (unpaired) electrons. The van der Waals surface area contributed by atoms with E-state index in [0.717, 1.165) is 19.4 Å². The maximum absolute atomic E-state index is 13.0. The van der Waals surface area contributed by atoms with E-state index in [1.54, 1.807) is 29.7 Å². The number of carbonyl (C=O) groups is 2. The number of halogens is 1. The Morgan fingerprint density at radius 3 is 2.29 bits per heavy atom. The van der Waals surface area contributed by atoms with Gasteiger partial charge in [0, 0.05) is 51.3 Å². The average Bonchev–Trinajstić information content (AvgIpc) is 2.77. The second-order valence-corrected chi connectivity index (χ2v) is 10.2. The highest BCUT2D eigenvalue weighted by Crippen LogP contribution is 2.27. The Labute approximate surface area is 191 Å². The summed E-state index contributed by atoms with van der Waals surface area (Å²) < 4.78 is 27.1. The van der Waals surface area contributed by atoms with Crippen LogP contribution in [0.2, 0.25) is 5.02 Å². The summed E-state index contributed by atoms with van der Waals surface area (Å²) >= 11 is 6.18. The molecule has 1 aliphatic rings. The van der Waals surface area contributed by atoms with E-state index >= 15 is 0 Å². The average molecular weight is 472 g/mol. The van der Waals surface area contributed by atoms with Gasteiger partial charge in [-0.3, -0.25) is 9.59 Å². The molecule has 0 unspecified atom stereocenters. The number of carbonyl (C=O) groups excluding carboxylic acids is 2. The van der Waals surface area contributed by atoms with Gasteiger partial charge in [0.05, 0.1) is 5.02 Å². The van der Waals surface area contributed by atoms with Crippen LogP contribution in [0.3, 0.4) is 0 Å². The summed E-state index contributed by atoms with van der Waals surface area (Å²) in [5.41, 5.74) is 0.292. The summed E-state index contributed by atoms with van der Waals surface area (Å²) in [6, 6.07) is 4.39. The lowest BCUT2D eigenvalue weighted by Gasteiger charge is -2.33. The van der Waals surface area contributed by atoms with Crippen molar-refractivity contribution in [3.8, 4) is 0 Å². The fourth-order valence-electron chi connectivity index (χ4n) is 3.87. The van der Waals surface area contributed by atoms with Crippen molar-refractivity contribution in [3.63, 3.8) is 0 Å². The minimum atomic E-state index is -3.78. The van der Waals surface area contributed by atoms with Crippen molar-refractivity contribution in [1.82, 2.24) is 14.1 Å². The second-order valence-electron chi connectivity index (χ2n) is 7.91. The third-order valence-corrected chi connectivity index (χ3v) is 8.39. The predicted molar refractivity (Wildman–Crippen MR) is 123 cm³/mol. The Hall–Kier alpha value is -1.64. The van der Waals surface area contributed by atoms with Crippen LogP contribution in [0.4, 0.5) is 0 Å². The van der Waals surface area contributed by atoms with Gasteiger partial charge >= 0.3 is 0 Å². The zero-order valence-corrected chi connectivity index (χ0v) is 20.5. The molecule has 1 fully saturated rings. The van der Waals surface area contributed by atoms with Gasteiger partial charge in [-0.05, 0) is 37.5 Å². The number of amides is 2. The molecule has 9 heteroatoms. The van der Waals surface area contributed by atoms with Gasteiger partial charge in [-0.25, -0.2) is 8.42 Å². The van der Waals surface area contributed by atoms with Gasteiger partial charge in [0.2, 0.25) is 15.9 Å². The monoisotopic (exact) mass is 471 g/mol. The predicted octanol–water partition coefficient (Wildman–Crippen LogP) is 3.48. The lowest BCUT2D eigenvalue weighted by Crippen LogP contribution is -2.43. The molecule has 1 aromatic rings. The van der Waals surface area contributed by atoms with Crippen molar-refractivity contribution in [3.05, 3.63) is 28.8 Å². The van der Waals surface area contributed by atoms with E-state index in [1.807, 2.05) is 7.05 Å². The van der Waals surface area contributed by atoms with Crippen LogP contribution in [0.25, 0.3) is 0 Å². The minimum absolute atomic E-state index is 0.0497. The fourth-order valence-corrected chi connectivity index (χ4v) is 5.82. The first-order valence-corrected chi connectivity index (χ1v) is 12.8. The molecule has 1 heterocycles. The van der Waals surface area contributed by atoms with Crippen molar-refractivity contribution in [2.75, 3.05) is 39.8 Å². The maximum atomic E-state index is 13.0. The zero-order valence-electron chi connectivity index (χ0n) is 18.9. The molecule has 2 rings (SSSR count). The van der Waals surface area contributed by atoms with E-state index in [0.29, 0.717) is 44.6 Å². The highest BCUT2D eigenvalue weighted by atomic mass is 35.5. The van der Waals surface area contributed by atoms with Crippen LogP contribution in [-0.2, 0) is 14.8 Å². The first-order valence-electron chi connectivity index (χ1n) is 11.0. The lowest BCUT2D eigenvalue weighted by molar-refractivity contribution is -0.135. The van der Waals surface area contributed by atoms with Crippen LogP contribution in [0.5, 0.6) is 0 Å². The van der Waals surface area contributed by atoms with E-state index in [1.165, 1.54) is 16.4 Å². The molecule has 174 valence electrons. The first-order chi connectivity index (χ1) is 14.7. The van der Waals surface area contributed by atoms with E-state index in [-0.39, 0.29) is 27.7 Å². The molecular weight excluding hydrogens is 438 g/mol.